The van der Waals surface area contributed by atoms with Gasteiger partial charge in [-0.15, -0.1) is 5.10 Å². The second kappa shape index (κ2) is 6.67. The van der Waals surface area contributed by atoms with Crippen LogP contribution in [-0.4, -0.2) is 15.2 Å². The highest BCUT2D eigenvalue weighted by Gasteiger charge is 2.48. The van der Waals surface area contributed by atoms with E-state index in [-0.39, 0.29) is 28.6 Å². The molecule has 0 amide bonds. The van der Waals surface area contributed by atoms with E-state index in [9.17, 15) is 19.3 Å². The van der Waals surface area contributed by atoms with Crippen LogP contribution in [0.3, 0.4) is 0 Å². The molecule has 30 heavy (non-hydrogen) atoms. The summed E-state index contributed by atoms with van der Waals surface area (Å²) >= 11 is 0. The molecule has 3 aliphatic rings. The fraction of sp³-hybridized carbons (Fsp3) is 0.261. The van der Waals surface area contributed by atoms with Gasteiger partial charge in [0.05, 0.1) is 17.0 Å². The lowest BCUT2D eigenvalue weighted by Gasteiger charge is -2.47. The zero-order valence-corrected chi connectivity index (χ0v) is 15.9. The summed E-state index contributed by atoms with van der Waals surface area (Å²) in [5, 5.41) is 27.3. The lowest BCUT2D eigenvalue weighted by Crippen LogP contribution is -2.40. The van der Waals surface area contributed by atoms with Crippen molar-refractivity contribution in [3.63, 3.8) is 0 Å². The zero-order valence-electron chi connectivity index (χ0n) is 15.9. The summed E-state index contributed by atoms with van der Waals surface area (Å²) in [6, 6.07) is 12.9. The average molecular weight is 399 g/mol. The van der Waals surface area contributed by atoms with Gasteiger partial charge in [-0.25, -0.2) is 13.8 Å². The number of nitrogens with zero attached hydrogens (tertiary/aromatic N) is 5. The molecule has 1 fully saturated rings. The topological polar surface area (TPSA) is 86.2 Å². The molecule has 5 nitrogen and oxygen atoms in total. The fourth-order valence-electron chi connectivity index (χ4n) is 4.96. The molecule has 2 aromatic heterocycles. The third-order valence-electron chi connectivity index (χ3n) is 6.38. The highest BCUT2D eigenvalue weighted by atomic mass is 19.1. The molecule has 0 spiro atoms. The Kier molecular flexibility index (Phi) is 4.08. The standard InChI is InChI=1S/C23H15F2N5/c24-18-2-1-3-19(25)21(18)20-10-17-13-4-6-23(7-5-13,22(17)30-29-20)14-8-15(11-26)28-16(9-14)12-27/h1-3,8-10,13H,4-7H2/t13-,23+. The van der Waals surface area contributed by atoms with Crippen LogP contribution in [0.15, 0.2) is 36.4 Å². The van der Waals surface area contributed by atoms with Crippen molar-refractivity contribution in [2.24, 2.45) is 0 Å². The molecule has 0 unspecified atom stereocenters. The molecule has 3 aromatic rings. The second-order valence-corrected chi connectivity index (χ2v) is 7.84. The number of hydrogen-bond donors (Lipinski definition) is 0. The smallest absolute Gasteiger partial charge is 0.142 e. The number of fused-ring (bicyclic) bond motifs is 2. The molecular weight excluding hydrogens is 384 g/mol. The molecule has 3 aliphatic carbocycles. The van der Waals surface area contributed by atoms with Gasteiger partial charge in [0.1, 0.15) is 35.2 Å². The van der Waals surface area contributed by atoms with Crippen LogP contribution in [0.5, 0.6) is 0 Å². The Morgan fingerprint density at radius 2 is 1.57 bits per heavy atom. The minimum Gasteiger partial charge on any atom is -0.226 e. The van der Waals surface area contributed by atoms with Crippen molar-refractivity contribution in [2.45, 2.75) is 37.0 Å². The van der Waals surface area contributed by atoms with E-state index in [1.807, 2.05) is 12.1 Å². The molecule has 7 heteroatoms. The highest BCUT2D eigenvalue weighted by Crippen LogP contribution is 2.55. The summed E-state index contributed by atoms with van der Waals surface area (Å²) in [4.78, 5) is 4.03. The van der Waals surface area contributed by atoms with Gasteiger partial charge < -0.3 is 0 Å². The van der Waals surface area contributed by atoms with E-state index in [4.69, 9.17) is 0 Å². The Balaban J connectivity index is 1.70. The van der Waals surface area contributed by atoms with Crippen molar-refractivity contribution in [3.8, 4) is 23.4 Å². The van der Waals surface area contributed by atoms with Gasteiger partial charge >= 0.3 is 0 Å². The third kappa shape index (κ3) is 2.59. The van der Waals surface area contributed by atoms with Crippen LogP contribution in [0.1, 0.15) is 59.8 Å². The number of benzene rings is 1. The number of nitriles is 2. The number of aromatic nitrogens is 3. The molecule has 0 atom stereocenters. The molecule has 2 bridgehead atoms. The van der Waals surface area contributed by atoms with Gasteiger partial charge in [-0.05, 0) is 73.1 Å². The Labute approximate surface area is 171 Å². The highest BCUT2D eigenvalue weighted by molar-refractivity contribution is 5.63. The van der Waals surface area contributed by atoms with Gasteiger partial charge in [0.2, 0.25) is 0 Å². The Morgan fingerprint density at radius 1 is 0.933 bits per heavy atom. The Hall–Kier alpha value is -3.71. The van der Waals surface area contributed by atoms with E-state index in [2.05, 4.69) is 15.2 Å². The van der Waals surface area contributed by atoms with Crippen molar-refractivity contribution in [1.82, 2.24) is 15.2 Å². The van der Waals surface area contributed by atoms with Gasteiger partial charge in [-0.3, -0.25) is 0 Å². The predicted molar refractivity (Wildman–Crippen MR) is 103 cm³/mol. The molecular formula is C23H15F2N5. The number of hydrogen-bond acceptors (Lipinski definition) is 5. The van der Waals surface area contributed by atoms with Crippen LogP contribution in [0.2, 0.25) is 0 Å². The van der Waals surface area contributed by atoms with Crippen molar-refractivity contribution in [1.29, 1.82) is 10.5 Å². The molecule has 6 rings (SSSR count). The molecule has 1 aromatic carbocycles. The summed E-state index contributed by atoms with van der Waals surface area (Å²) in [7, 11) is 0. The first-order valence-corrected chi connectivity index (χ1v) is 9.71. The van der Waals surface area contributed by atoms with Gasteiger partial charge in [0, 0.05) is 5.41 Å². The van der Waals surface area contributed by atoms with Gasteiger partial charge in [-0.2, -0.15) is 15.6 Å². The van der Waals surface area contributed by atoms with Crippen molar-refractivity contribution < 1.29 is 8.78 Å². The average Bonchev–Trinajstić information content (AvgIpc) is 2.79. The molecule has 0 N–H and O–H groups in total. The van der Waals surface area contributed by atoms with Crippen molar-refractivity contribution in [2.75, 3.05) is 0 Å². The lowest BCUT2D eigenvalue weighted by molar-refractivity contribution is 0.269. The van der Waals surface area contributed by atoms with E-state index in [1.54, 1.807) is 18.2 Å². The number of pyridine rings is 1. The van der Waals surface area contributed by atoms with E-state index >= 15 is 0 Å². The monoisotopic (exact) mass is 399 g/mol. The Morgan fingerprint density at radius 3 is 2.17 bits per heavy atom. The lowest BCUT2D eigenvalue weighted by atomic mass is 9.57. The van der Waals surface area contributed by atoms with E-state index in [1.165, 1.54) is 18.2 Å². The minimum absolute atomic E-state index is 0.175. The Bertz CT molecular complexity index is 1210. The van der Waals surface area contributed by atoms with Crippen molar-refractivity contribution in [3.05, 3.63) is 76.2 Å². The summed E-state index contributed by atoms with van der Waals surface area (Å²) < 4.78 is 28.6. The SMILES string of the molecule is N#Cc1cc([C@]23CC[C@H](CC2)c2cc(-c4c(F)cccc4F)nnc23)cc(C#N)n1. The molecule has 2 heterocycles. The molecule has 1 saturated carbocycles. The second-order valence-electron chi connectivity index (χ2n) is 7.84. The first-order valence-electron chi connectivity index (χ1n) is 9.71. The predicted octanol–water partition coefficient (Wildman–Crippen LogP) is 4.52. The van der Waals surface area contributed by atoms with Crippen LogP contribution in [0.25, 0.3) is 11.3 Å². The summed E-state index contributed by atoms with van der Waals surface area (Å²) in [6.07, 6.45) is 3.41. The number of halogens is 2. The van der Waals surface area contributed by atoms with Crippen LogP contribution < -0.4 is 0 Å². The maximum Gasteiger partial charge on any atom is 0.142 e. The van der Waals surface area contributed by atoms with Gasteiger partial charge in [-0.1, -0.05) is 6.07 Å². The van der Waals surface area contributed by atoms with Crippen LogP contribution in [-0.2, 0) is 5.41 Å². The maximum atomic E-state index is 14.3. The van der Waals surface area contributed by atoms with E-state index < -0.39 is 17.0 Å². The van der Waals surface area contributed by atoms with Crippen LogP contribution in [0.4, 0.5) is 8.78 Å². The largest absolute Gasteiger partial charge is 0.226 e. The maximum absolute atomic E-state index is 14.3. The zero-order chi connectivity index (χ0) is 20.9. The molecule has 0 saturated heterocycles. The first kappa shape index (κ1) is 18.3. The molecule has 0 radical (unpaired) electrons. The third-order valence-corrected chi connectivity index (χ3v) is 6.38. The first-order chi connectivity index (χ1) is 14.6. The quantitative estimate of drug-likeness (QED) is 0.632. The number of rotatable bonds is 2. The summed E-state index contributed by atoms with van der Waals surface area (Å²) in [5.41, 5.74) is 2.42. The van der Waals surface area contributed by atoms with Gasteiger partial charge in [0.15, 0.2) is 0 Å². The molecule has 146 valence electrons. The van der Waals surface area contributed by atoms with Crippen LogP contribution >= 0.6 is 0 Å². The summed E-state index contributed by atoms with van der Waals surface area (Å²) in [6.45, 7) is 0. The minimum atomic E-state index is -0.675. The van der Waals surface area contributed by atoms with E-state index in [0.717, 1.165) is 42.5 Å². The normalized spacial score (nSPS) is 21.5. The molecule has 0 aliphatic heterocycles. The van der Waals surface area contributed by atoms with Crippen molar-refractivity contribution >= 4 is 0 Å². The fourth-order valence-corrected chi connectivity index (χ4v) is 4.96. The van der Waals surface area contributed by atoms with E-state index in [0.29, 0.717) is 0 Å². The van der Waals surface area contributed by atoms with Gasteiger partial charge in [0.25, 0.3) is 0 Å². The summed E-state index contributed by atoms with van der Waals surface area (Å²) in [5.74, 6) is -1.10. The van der Waals surface area contributed by atoms with Crippen LogP contribution in [0, 0.1) is 34.3 Å².